The Hall–Kier alpha value is -0.570. The SMILES string of the molecule is CC(C)Cn1[nH]c(C2CCCC2)cc1=S. The van der Waals surface area contributed by atoms with Crippen LogP contribution in [-0.4, -0.2) is 9.78 Å². The third-order valence-corrected chi connectivity index (χ3v) is 3.49. The van der Waals surface area contributed by atoms with Gasteiger partial charge in [-0.15, -0.1) is 0 Å². The van der Waals surface area contributed by atoms with E-state index in [1.165, 1.54) is 31.4 Å². The Balaban J connectivity index is 2.16. The maximum absolute atomic E-state index is 5.36. The van der Waals surface area contributed by atoms with Crippen LogP contribution in [0.1, 0.15) is 51.1 Å². The van der Waals surface area contributed by atoms with Crippen molar-refractivity contribution in [2.24, 2.45) is 5.92 Å². The van der Waals surface area contributed by atoms with Crippen LogP contribution >= 0.6 is 12.2 Å². The molecule has 2 rings (SSSR count). The van der Waals surface area contributed by atoms with Crippen molar-refractivity contribution in [2.45, 2.75) is 52.0 Å². The summed E-state index contributed by atoms with van der Waals surface area (Å²) in [7, 11) is 0. The first-order chi connectivity index (χ1) is 7.16. The van der Waals surface area contributed by atoms with E-state index < -0.39 is 0 Å². The fourth-order valence-corrected chi connectivity index (χ4v) is 2.65. The molecule has 0 bridgehead atoms. The van der Waals surface area contributed by atoms with Crippen molar-refractivity contribution in [3.8, 4) is 0 Å². The number of aromatic amines is 1. The maximum atomic E-state index is 5.36. The Kier molecular flexibility index (Phi) is 3.29. The molecule has 3 heteroatoms. The van der Waals surface area contributed by atoms with Gasteiger partial charge < -0.3 is 5.10 Å². The average Bonchev–Trinajstić information content (AvgIpc) is 2.75. The summed E-state index contributed by atoms with van der Waals surface area (Å²) < 4.78 is 3.08. The average molecular weight is 224 g/mol. The van der Waals surface area contributed by atoms with Crippen LogP contribution in [-0.2, 0) is 6.54 Å². The number of H-pyrrole nitrogens is 1. The van der Waals surface area contributed by atoms with Gasteiger partial charge in [0, 0.05) is 18.2 Å². The molecule has 0 spiro atoms. The van der Waals surface area contributed by atoms with Crippen LogP contribution in [0.25, 0.3) is 0 Å². The molecule has 1 fully saturated rings. The molecule has 15 heavy (non-hydrogen) atoms. The van der Waals surface area contributed by atoms with Gasteiger partial charge in [-0.05, 0) is 24.8 Å². The molecule has 0 radical (unpaired) electrons. The molecule has 1 N–H and O–H groups in total. The molecule has 0 unspecified atom stereocenters. The fraction of sp³-hybridized carbons (Fsp3) is 0.750. The number of nitrogens with one attached hydrogen (secondary N) is 1. The molecule has 1 aromatic heterocycles. The molecule has 84 valence electrons. The van der Waals surface area contributed by atoms with Crippen LogP contribution in [0.5, 0.6) is 0 Å². The van der Waals surface area contributed by atoms with E-state index in [2.05, 4.69) is 29.7 Å². The van der Waals surface area contributed by atoms with Gasteiger partial charge in [0.15, 0.2) is 0 Å². The summed E-state index contributed by atoms with van der Waals surface area (Å²) >= 11 is 5.36. The molecule has 1 saturated carbocycles. The van der Waals surface area contributed by atoms with Crippen LogP contribution in [0, 0.1) is 10.6 Å². The Bertz CT molecular complexity index is 369. The smallest absolute Gasteiger partial charge is 0.122 e. The topological polar surface area (TPSA) is 20.7 Å². The normalized spacial score (nSPS) is 17.8. The lowest BCUT2D eigenvalue weighted by Crippen LogP contribution is -2.07. The predicted octanol–water partition coefficient (Wildman–Crippen LogP) is 3.86. The number of hydrogen-bond donors (Lipinski definition) is 1. The second kappa shape index (κ2) is 4.52. The quantitative estimate of drug-likeness (QED) is 0.773. The highest BCUT2D eigenvalue weighted by Crippen LogP contribution is 2.33. The molecule has 1 aliphatic rings. The minimum Gasteiger partial charge on any atom is -0.301 e. The lowest BCUT2D eigenvalue weighted by Gasteiger charge is -2.08. The monoisotopic (exact) mass is 224 g/mol. The van der Waals surface area contributed by atoms with E-state index in [1.807, 2.05) is 0 Å². The van der Waals surface area contributed by atoms with Gasteiger partial charge in [0.25, 0.3) is 0 Å². The summed E-state index contributed by atoms with van der Waals surface area (Å²) in [4.78, 5) is 0. The summed E-state index contributed by atoms with van der Waals surface area (Å²) in [5.41, 5.74) is 1.36. The largest absolute Gasteiger partial charge is 0.301 e. The molecular formula is C12H20N2S. The first-order valence-electron chi connectivity index (χ1n) is 5.96. The van der Waals surface area contributed by atoms with Gasteiger partial charge in [0.2, 0.25) is 0 Å². The zero-order valence-corrected chi connectivity index (χ0v) is 10.4. The van der Waals surface area contributed by atoms with Crippen LogP contribution in [0.3, 0.4) is 0 Å². The maximum Gasteiger partial charge on any atom is 0.122 e. The van der Waals surface area contributed by atoms with E-state index in [1.54, 1.807) is 0 Å². The van der Waals surface area contributed by atoms with Crippen LogP contribution in [0.2, 0.25) is 0 Å². The van der Waals surface area contributed by atoms with E-state index in [-0.39, 0.29) is 0 Å². The van der Waals surface area contributed by atoms with E-state index in [0.29, 0.717) is 5.92 Å². The molecule has 1 aromatic rings. The Morgan fingerprint density at radius 3 is 2.73 bits per heavy atom. The van der Waals surface area contributed by atoms with Gasteiger partial charge in [-0.25, -0.2) is 0 Å². The van der Waals surface area contributed by atoms with Gasteiger partial charge in [0.05, 0.1) is 0 Å². The zero-order valence-electron chi connectivity index (χ0n) is 9.62. The zero-order chi connectivity index (χ0) is 10.8. The highest BCUT2D eigenvalue weighted by molar-refractivity contribution is 7.71. The molecular weight excluding hydrogens is 204 g/mol. The first kappa shape index (κ1) is 10.9. The highest BCUT2D eigenvalue weighted by atomic mass is 32.1. The van der Waals surface area contributed by atoms with E-state index in [9.17, 15) is 0 Å². The van der Waals surface area contributed by atoms with E-state index in [0.717, 1.165) is 17.1 Å². The summed E-state index contributed by atoms with van der Waals surface area (Å²) in [6.07, 6.45) is 5.41. The molecule has 0 aliphatic heterocycles. The van der Waals surface area contributed by atoms with E-state index >= 15 is 0 Å². The van der Waals surface area contributed by atoms with Crippen LogP contribution in [0.15, 0.2) is 6.07 Å². The Morgan fingerprint density at radius 1 is 1.47 bits per heavy atom. The Labute approximate surface area is 96.7 Å². The minimum atomic E-state index is 0.645. The van der Waals surface area contributed by atoms with Gasteiger partial charge in [0.1, 0.15) is 4.64 Å². The minimum absolute atomic E-state index is 0.645. The number of aromatic nitrogens is 2. The van der Waals surface area contributed by atoms with Crippen molar-refractivity contribution in [1.29, 1.82) is 0 Å². The molecule has 0 amide bonds. The van der Waals surface area contributed by atoms with Crippen molar-refractivity contribution < 1.29 is 0 Å². The summed E-state index contributed by atoms with van der Waals surface area (Å²) in [6.45, 7) is 5.45. The summed E-state index contributed by atoms with van der Waals surface area (Å²) in [5.74, 6) is 1.38. The van der Waals surface area contributed by atoms with Crippen LogP contribution in [0.4, 0.5) is 0 Å². The lowest BCUT2D eigenvalue weighted by atomic mass is 10.1. The van der Waals surface area contributed by atoms with Gasteiger partial charge in [-0.1, -0.05) is 38.9 Å². The molecule has 2 nitrogen and oxygen atoms in total. The van der Waals surface area contributed by atoms with Crippen molar-refractivity contribution >= 4 is 12.2 Å². The molecule has 1 heterocycles. The van der Waals surface area contributed by atoms with Gasteiger partial charge >= 0.3 is 0 Å². The predicted molar refractivity (Wildman–Crippen MR) is 65.7 cm³/mol. The summed E-state index contributed by atoms with van der Waals surface area (Å²) in [5, 5.41) is 3.47. The molecule has 0 aromatic carbocycles. The van der Waals surface area contributed by atoms with Crippen molar-refractivity contribution in [3.05, 3.63) is 16.4 Å². The highest BCUT2D eigenvalue weighted by Gasteiger charge is 2.18. The van der Waals surface area contributed by atoms with Gasteiger partial charge in [-0.2, -0.15) is 0 Å². The van der Waals surface area contributed by atoms with Gasteiger partial charge in [-0.3, -0.25) is 4.68 Å². The molecule has 1 aliphatic carbocycles. The van der Waals surface area contributed by atoms with E-state index in [4.69, 9.17) is 12.2 Å². The standard InChI is InChI=1S/C12H20N2S/c1-9(2)8-14-12(15)7-11(13-14)10-5-3-4-6-10/h7,9-10,13H,3-6,8H2,1-2H3. The second-order valence-electron chi connectivity index (χ2n) is 5.04. The van der Waals surface area contributed by atoms with Crippen LogP contribution < -0.4 is 0 Å². The number of rotatable bonds is 3. The third-order valence-electron chi connectivity index (χ3n) is 3.15. The number of hydrogen-bond acceptors (Lipinski definition) is 1. The molecule has 0 atom stereocenters. The second-order valence-corrected chi connectivity index (χ2v) is 5.45. The molecule has 0 saturated heterocycles. The summed E-state index contributed by atoms with van der Waals surface area (Å²) in [6, 6.07) is 2.16. The number of nitrogens with zero attached hydrogens (tertiary/aromatic N) is 1. The lowest BCUT2D eigenvalue weighted by molar-refractivity contribution is 0.472. The fourth-order valence-electron chi connectivity index (χ4n) is 2.40. The third kappa shape index (κ3) is 2.51. The van der Waals surface area contributed by atoms with Crippen molar-refractivity contribution in [1.82, 2.24) is 9.78 Å². The van der Waals surface area contributed by atoms with Crippen molar-refractivity contribution in [3.63, 3.8) is 0 Å². The van der Waals surface area contributed by atoms with Crippen molar-refractivity contribution in [2.75, 3.05) is 0 Å². The first-order valence-corrected chi connectivity index (χ1v) is 6.37. The Morgan fingerprint density at radius 2 is 2.13 bits per heavy atom.